The molecule has 2 unspecified atom stereocenters. The number of hydrogen-bond acceptors (Lipinski definition) is 2. The van der Waals surface area contributed by atoms with Crippen molar-refractivity contribution in [1.29, 1.82) is 0 Å². The number of nitrogens with one attached hydrogen (secondary N) is 1. The van der Waals surface area contributed by atoms with E-state index in [9.17, 15) is 4.79 Å². The molecule has 0 aliphatic heterocycles. The summed E-state index contributed by atoms with van der Waals surface area (Å²) in [5.41, 5.74) is 0. The maximum atomic E-state index is 11.0. The molecule has 13 heavy (non-hydrogen) atoms. The molecule has 0 saturated heterocycles. The van der Waals surface area contributed by atoms with Crippen LogP contribution in [0.25, 0.3) is 0 Å². The van der Waals surface area contributed by atoms with Crippen molar-refractivity contribution in [2.24, 2.45) is 11.8 Å². The van der Waals surface area contributed by atoms with Crippen LogP contribution in [0.3, 0.4) is 0 Å². The highest BCUT2D eigenvalue weighted by Crippen LogP contribution is 2.29. The molecule has 1 fully saturated rings. The summed E-state index contributed by atoms with van der Waals surface area (Å²) in [6.07, 6.45) is 3.83. The highest BCUT2D eigenvalue weighted by molar-refractivity contribution is 5.77. The Morgan fingerprint density at radius 2 is 2.31 bits per heavy atom. The monoisotopic (exact) mass is 185 g/mol. The molecule has 1 aliphatic carbocycles. The number of amides is 1. The quantitative estimate of drug-likeness (QED) is 0.714. The van der Waals surface area contributed by atoms with Gasteiger partial charge in [-0.3, -0.25) is 4.79 Å². The van der Waals surface area contributed by atoms with Gasteiger partial charge < -0.3 is 10.1 Å². The summed E-state index contributed by atoms with van der Waals surface area (Å²) in [5.74, 6) is 1.53. The van der Waals surface area contributed by atoms with Crippen LogP contribution in [0.15, 0.2) is 0 Å². The Bertz CT molecular complexity index is 170. The summed E-state index contributed by atoms with van der Waals surface area (Å²) in [6, 6.07) is 0. The topological polar surface area (TPSA) is 38.3 Å². The second-order valence-corrected chi connectivity index (χ2v) is 4.02. The Hall–Kier alpha value is -0.570. The van der Waals surface area contributed by atoms with Gasteiger partial charge in [-0.05, 0) is 24.7 Å². The molecule has 2 atom stereocenters. The third kappa shape index (κ3) is 3.77. The van der Waals surface area contributed by atoms with Crippen LogP contribution in [0.1, 0.15) is 26.2 Å². The van der Waals surface area contributed by atoms with Crippen molar-refractivity contribution >= 4 is 5.91 Å². The van der Waals surface area contributed by atoms with Gasteiger partial charge in [0, 0.05) is 13.7 Å². The van der Waals surface area contributed by atoms with Crippen molar-refractivity contribution in [1.82, 2.24) is 5.32 Å². The summed E-state index contributed by atoms with van der Waals surface area (Å²) < 4.78 is 4.73. The Labute approximate surface area is 79.8 Å². The molecule has 1 saturated carbocycles. The van der Waals surface area contributed by atoms with Gasteiger partial charge in [0.15, 0.2) is 0 Å². The summed E-state index contributed by atoms with van der Waals surface area (Å²) in [6.45, 7) is 3.28. The highest BCUT2D eigenvalue weighted by Gasteiger charge is 2.21. The normalized spacial score (nSPS) is 27.5. The number of carbonyl (C=O) groups is 1. The average Bonchev–Trinajstić information content (AvgIpc) is 2.49. The van der Waals surface area contributed by atoms with Gasteiger partial charge in [-0.25, -0.2) is 0 Å². The number of ether oxygens (including phenoxy) is 1. The van der Waals surface area contributed by atoms with Crippen LogP contribution in [0.4, 0.5) is 0 Å². The first kappa shape index (κ1) is 10.5. The van der Waals surface area contributed by atoms with E-state index in [4.69, 9.17) is 4.74 Å². The van der Waals surface area contributed by atoms with Crippen LogP contribution in [-0.2, 0) is 9.53 Å². The van der Waals surface area contributed by atoms with Gasteiger partial charge in [0.05, 0.1) is 0 Å². The fraction of sp³-hybridized carbons (Fsp3) is 0.900. The predicted molar refractivity (Wildman–Crippen MR) is 51.4 cm³/mol. The Kier molecular flexibility index (Phi) is 4.22. The molecule has 1 aliphatic rings. The molecule has 0 heterocycles. The van der Waals surface area contributed by atoms with Crippen molar-refractivity contribution in [3.8, 4) is 0 Å². The van der Waals surface area contributed by atoms with Gasteiger partial charge >= 0.3 is 0 Å². The molecule has 0 aromatic carbocycles. The van der Waals surface area contributed by atoms with Crippen molar-refractivity contribution in [2.45, 2.75) is 26.2 Å². The summed E-state index contributed by atoms with van der Waals surface area (Å²) >= 11 is 0. The van der Waals surface area contributed by atoms with E-state index in [1.54, 1.807) is 0 Å². The first-order valence-corrected chi connectivity index (χ1v) is 4.98. The molecule has 0 spiro atoms. The van der Waals surface area contributed by atoms with Crippen molar-refractivity contribution < 1.29 is 9.53 Å². The maximum absolute atomic E-state index is 11.0. The van der Waals surface area contributed by atoms with E-state index in [2.05, 4.69) is 12.2 Å². The second-order valence-electron chi connectivity index (χ2n) is 4.02. The first-order chi connectivity index (χ1) is 6.22. The zero-order valence-electron chi connectivity index (χ0n) is 8.51. The number of hydrogen-bond donors (Lipinski definition) is 1. The lowest BCUT2D eigenvalue weighted by atomic mass is 10.1. The van der Waals surface area contributed by atoms with Gasteiger partial charge in [0.1, 0.15) is 6.61 Å². The highest BCUT2D eigenvalue weighted by atomic mass is 16.5. The molecule has 3 heteroatoms. The predicted octanol–water partition coefficient (Wildman–Crippen LogP) is 1.19. The molecular weight excluding hydrogens is 166 g/mol. The fourth-order valence-corrected chi connectivity index (χ4v) is 1.95. The van der Waals surface area contributed by atoms with Crippen LogP contribution in [0, 0.1) is 11.8 Å². The third-order valence-electron chi connectivity index (χ3n) is 2.67. The van der Waals surface area contributed by atoms with Gasteiger partial charge in [0.25, 0.3) is 0 Å². The molecular formula is C10H19NO2. The van der Waals surface area contributed by atoms with E-state index >= 15 is 0 Å². The Morgan fingerprint density at radius 3 is 2.85 bits per heavy atom. The van der Waals surface area contributed by atoms with E-state index in [1.165, 1.54) is 26.4 Å². The second kappa shape index (κ2) is 5.22. The minimum absolute atomic E-state index is 0.00190. The van der Waals surface area contributed by atoms with Gasteiger partial charge in [-0.2, -0.15) is 0 Å². The number of carbonyl (C=O) groups excluding carboxylic acids is 1. The summed E-state index contributed by atoms with van der Waals surface area (Å²) in [7, 11) is 1.54. The van der Waals surface area contributed by atoms with Gasteiger partial charge in [-0.1, -0.05) is 13.3 Å². The van der Waals surface area contributed by atoms with E-state index in [0.717, 1.165) is 12.5 Å². The van der Waals surface area contributed by atoms with Crippen LogP contribution in [0.2, 0.25) is 0 Å². The molecule has 0 aromatic heterocycles. The van der Waals surface area contributed by atoms with E-state index in [-0.39, 0.29) is 12.5 Å². The molecule has 1 N–H and O–H groups in total. The van der Waals surface area contributed by atoms with E-state index < -0.39 is 0 Å². The zero-order chi connectivity index (χ0) is 9.68. The van der Waals surface area contributed by atoms with Crippen molar-refractivity contribution in [2.75, 3.05) is 20.3 Å². The SMILES string of the molecule is COCC(=O)NCC1CCC(C)C1. The average molecular weight is 185 g/mol. The lowest BCUT2D eigenvalue weighted by Crippen LogP contribution is -2.31. The molecule has 76 valence electrons. The molecule has 3 nitrogen and oxygen atoms in total. The van der Waals surface area contributed by atoms with E-state index in [1.807, 2.05) is 0 Å². The molecule has 1 rings (SSSR count). The third-order valence-corrected chi connectivity index (χ3v) is 2.67. The zero-order valence-corrected chi connectivity index (χ0v) is 8.51. The van der Waals surface area contributed by atoms with Crippen LogP contribution in [0.5, 0.6) is 0 Å². The fourth-order valence-electron chi connectivity index (χ4n) is 1.95. The lowest BCUT2D eigenvalue weighted by molar-refractivity contribution is -0.124. The van der Waals surface area contributed by atoms with Crippen molar-refractivity contribution in [3.63, 3.8) is 0 Å². The van der Waals surface area contributed by atoms with Gasteiger partial charge in [0.2, 0.25) is 5.91 Å². The smallest absolute Gasteiger partial charge is 0.245 e. The van der Waals surface area contributed by atoms with Crippen LogP contribution >= 0.6 is 0 Å². The molecule has 0 bridgehead atoms. The van der Waals surface area contributed by atoms with E-state index in [0.29, 0.717) is 5.92 Å². The summed E-state index contributed by atoms with van der Waals surface area (Å²) in [5, 5.41) is 2.88. The standard InChI is InChI=1S/C10H19NO2/c1-8-3-4-9(5-8)6-11-10(12)7-13-2/h8-9H,3-7H2,1-2H3,(H,11,12). The first-order valence-electron chi connectivity index (χ1n) is 4.98. The minimum Gasteiger partial charge on any atom is -0.375 e. The Morgan fingerprint density at radius 1 is 1.54 bits per heavy atom. The Balaban J connectivity index is 2.09. The molecule has 0 radical (unpaired) electrons. The largest absolute Gasteiger partial charge is 0.375 e. The summed E-state index contributed by atoms with van der Waals surface area (Å²) in [4.78, 5) is 11.0. The number of methoxy groups -OCH3 is 1. The van der Waals surface area contributed by atoms with Crippen molar-refractivity contribution in [3.05, 3.63) is 0 Å². The van der Waals surface area contributed by atoms with Crippen LogP contribution < -0.4 is 5.32 Å². The number of rotatable bonds is 4. The maximum Gasteiger partial charge on any atom is 0.245 e. The molecule has 1 amide bonds. The minimum atomic E-state index is 0.00190. The van der Waals surface area contributed by atoms with Gasteiger partial charge in [-0.15, -0.1) is 0 Å². The lowest BCUT2D eigenvalue weighted by Gasteiger charge is -2.10. The molecule has 0 aromatic rings. The van der Waals surface area contributed by atoms with Crippen LogP contribution in [-0.4, -0.2) is 26.2 Å².